The summed E-state index contributed by atoms with van der Waals surface area (Å²) in [5.74, 6) is -1.25. The minimum absolute atomic E-state index is 0.143. The predicted octanol–water partition coefficient (Wildman–Crippen LogP) is 3.15. The van der Waals surface area contributed by atoms with E-state index in [4.69, 9.17) is 0 Å². The van der Waals surface area contributed by atoms with Crippen LogP contribution < -0.4 is 5.32 Å². The SMILES string of the molecule is OCc1cc2ccccc2nc1NCC(O)c1c(F)cccc1F. The van der Waals surface area contributed by atoms with Gasteiger partial charge in [0.25, 0.3) is 0 Å². The van der Waals surface area contributed by atoms with Crippen molar-refractivity contribution in [2.45, 2.75) is 12.7 Å². The summed E-state index contributed by atoms with van der Waals surface area (Å²) in [6.45, 7) is -0.388. The normalized spacial score (nSPS) is 12.3. The summed E-state index contributed by atoms with van der Waals surface area (Å²) >= 11 is 0. The number of rotatable bonds is 5. The molecule has 1 heterocycles. The van der Waals surface area contributed by atoms with Crippen LogP contribution in [0.4, 0.5) is 14.6 Å². The maximum absolute atomic E-state index is 13.7. The predicted molar refractivity (Wildman–Crippen MR) is 87.5 cm³/mol. The number of hydrogen-bond acceptors (Lipinski definition) is 4. The molecular formula is C18H16F2N2O2. The molecule has 0 saturated carbocycles. The topological polar surface area (TPSA) is 65.4 Å². The third-order valence-electron chi connectivity index (χ3n) is 3.77. The van der Waals surface area contributed by atoms with Crippen LogP contribution in [0.3, 0.4) is 0 Å². The molecule has 0 aliphatic heterocycles. The van der Waals surface area contributed by atoms with Gasteiger partial charge in [-0.15, -0.1) is 0 Å². The largest absolute Gasteiger partial charge is 0.392 e. The van der Waals surface area contributed by atoms with Crippen LogP contribution in [0.2, 0.25) is 0 Å². The van der Waals surface area contributed by atoms with Gasteiger partial charge in [-0.1, -0.05) is 24.3 Å². The van der Waals surface area contributed by atoms with Gasteiger partial charge in [-0.05, 0) is 24.3 Å². The Morgan fingerprint density at radius 3 is 2.46 bits per heavy atom. The van der Waals surface area contributed by atoms with Crippen LogP contribution >= 0.6 is 0 Å². The molecule has 0 spiro atoms. The Kier molecular flexibility index (Phi) is 4.69. The van der Waals surface area contributed by atoms with E-state index in [1.165, 1.54) is 6.07 Å². The van der Waals surface area contributed by atoms with Crippen molar-refractivity contribution in [2.75, 3.05) is 11.9 Å². The van der Waals surface area contributed by atoms with Crippen LogP contribution in [-0.4, -0.2) is 21.7 Å². The smallest absolute Gasteiger partial charge is 0.132 e. The number of fused-ring (bicyclic) bond motifs is 1. The first-order valence-corrected chi connectivity index (χ1v) is 7.45. The maximum atomic E-state index is 13.7. The second kappa shape index (κ2) is 6.90. The van der Waals surface area contributed by atoms with E-state index in [9.17, 15) is 19.0 Å². The summed E-state index contributed by atoms with van der Waals surface area (Å²) in [5, 5.41) is 23.3. The van der Waals surface area contributed by atoms with Crippen LogP contribution in [0.25, 0.3) is 10.9 Å². The second-order valence-corrected chi connectivity index (χ2v) is 5.38. The summed E-state index contributed by atoms with van der Waals surface area (Å²) < 4.78 is 27.4. The number of para-hydroxylation sites is 1. The number of nitrogens with one attached hydrogen (secondary N) is 1. The van der Waals surface area contributed by atoms with Gasteiger partial charge >= 0.3 is 0 Å². The van der Waals surface area contributed by atoms with Crippen molar-refractivity contribution in [1.29, 1.82) is 0 Å². The molecule has 1 unspecified atom stereocenters. The van der Waals surface area contributed by atoms with Crippen molar-refractivity contribution in [2.24, 2.45) is 0 Å². The lowest BCUT2D eigenvalue weighted by molar-refractivity contribution is 0.181. The van der Waals surface area contributed by atoms with Crippen LogP contribution in [0.5, 0.6) is 0 Å². The van der Waals surface area contributed by atoms with E-state index in [0.29, 0.717) is 16.9 Å². The molecule has 1 atom stereocenters. The van der Waals surface area contributed by atoms with E-state index in [1.54, 1.807) is 6.07 Å². The van der Waals surface area contributed by atoms with E-state index in [-0.39, 0.29) is 13.2 Å². The first kappa shape index (κ1) is 16.3. The quantitative estimate of drug-likeness (QED) is 0.672. The zero-order valence-corrected chi connectivity index (χ0v) is 12.7. The van der Waals surface area contributed by atoms with Gasteiger partial charge in [0.2, 0.25) is 0 Å². The molecule has 3 N–H and O–H groups in total. The number of aliphatic hydroxyl groups excluding tert-OH is 2. The van der Waals surface area contributed by atoms with Crippen LogP contribution in [0, 0.1) is 11.6 Å². The summed E-state index contributed by atoms with van der Waals surface area (Å²) in [6.07, 6.45) is -1.38. The van der Waals surface area contributed by atoms with Crippen LogP contribution in [0.15, 0.2) is 48.5 Å². The molecule has 0 fully saturated rings. The molecule has 0 radical (unpaired) electrons. The minimum Gasteiger partial charge on any atom is -0.392 e. The third kappa shape index (κ3) is 3.20. The molecule has 6 heteroatoms. The van der Waals surface area contributed by atoms with Gasteiger partial charge in [-0.25, -0.2) is 13.8 Å². The van der Waals surface area contributed by atoms with Gasteiger partial charge in [0.05, 0.1) is 17.7 Å². The number of benzene rings is 2. The Morgan fingerprint density at radius 2 is 1.75 bits per heavy atom. The maximum Gasteiger partial charge on any atom is 0.132 e. The molecule has 0 bridgehead atoms. The van der Waals surface area contributed by atoms with Gasteiger partial charge in [0.1, 0.15) is 23.6 Å². The number of anilines is 1. The molecule has 4 nitrogen and oxygen atoms in total. The summed E-state index contributed by atoms with van der Waals surface area (Å²) in [5.41, 5.74) is 0.856. The van der Waals surface area contributed by atoms with Crippen molar-refractivity contribution in [3.05, 3.63) is 71.3 Å². The lowest BCUT2D eigenvalue weighted by Gasteiger charge is -2.16. The zero-order valence-electron chi connectivity index (χ0n) is 12.7. The highest BCUT2D eigenvalue weighted by Gasteiger charge is 2.18. The monoisotopic (exact) mass is 330 g/mol. The fourth-order valence-corrected chi connectivity index (χ4v) is 2.56. The lowest BCUT2D eigenvalue weighted by atomic mass is 10.1. The molecular weight excluding hydrogens is 314 g/mol. The molecule has 2 aromatic carbocycles. The third-order valence-corrected chi connectivity index (χ3v) is 3.77. The number of aliphatic hydroxyl groups is 2. The molecule has 0 aliphatic carbocycles. The highest BCUT2D eigenvalue weighted by molar-refractivity contribution is 5.81. The van der Waals surface area contributed by atoms with Gasteiger partial charge in [-0.2, -0.15) is 0 Å². The number of hydrogen-bond donors (Lipinski definition) is 3. The average molecular weight is 330 g/mol. The van der Waals surface area contributed by atoms with Gasteiger partial charge in [0, 0.05) is 17.5 Å². The Balaban J connectivity index is 1.85. The molecule has 0 amide bonds. The summed E-state index contributed by atoms with van der Waals surface area (Å²) in [6, 6.07) is 12.6. The molecule has 3 aromatic rings. The molecule has 124 valence electrons. The van der Waals surface area contributed by atoms with Crippen molar-refractivity contribution in [1.82, 2.24) is 4.98 Å². The first-order valence-electron chi connectivity index (χ1n) is 7.45. The minimum atomic E-state index is -1.38. The second-order valence-electron chi connectivity index (χ2n) is 5.38. The van der Waals surface area contributed by atoms with Gasteiger partial charge < -0.3 is 15.5 Å². The first-order chi connectivity index (χ1) is 11.6. The van der Waals surface area contributed by atoms with Crippen LogP contribution in [0.1, 0.15) is 17.2 Å². The molecule has 24 heavy (non-hydrogen) atoms. The Hall–Kier alpha value is -2.57. The van der Waals surface area contributed by atoms with E-state index in [2.05, 4.69) is 10.3 Å². The van der Waals surface area contributed by atoms with Crippen molar-refractivity contribution in [3.8, 4) is 0 Å². The van der Waals surface area contributed by atoms with Crippen molar-refractivity contribution >= 4 is 16.7 Å². The average Bonchev–Trinajstić information content (AvgIpc) is 2.59. The Bertz CT molecular complexity index is 851. The van der Waals surface area contributed by atoms with Gasteiger partial charge in [0.15, 0.2) is 0 Å². The number of pyridine rings is 1. The summed E-state index contributed by atoms with van der Waals surface area (Å²) in [4.78, 5) is 4.39. The fourth-order valence-electron chi connectivity index (χ4n) is 2.56. The molecule has 0 aliphatic rings. The number of aromatic nitrogens is 1. The highest BCUT2D eigenvalue weighted by Crippen LogP contribution is 2.24. The van der Waals surface area contributed by atoms with Gasteiger partial charge in [-0.3, -0.25) is 0 Å². The fraction of sp³-hybridized carbons (Fsp3) is 0.167. The highest BCUT2D eigenvalue weighted by atomic mass is 19.1. The van der Waals surface area contributed by atoms with Crippen LogP contribution in [-0.2, 0) is 6.61 Å². The van der Waals surface area contributed by atoms with E-state index in [1.807, 2.05) is 24.3 Å². The van der Waals surface area contributed by atoms with E-state index < -0.39 is 23.3 Å². The Labute approximate surface area is 137 Å². The summed E-state index contributed by atoms with van der Waals surface area (Å²) in [7, 11) is 0. The van der Waals surface area contributed by atoms with Crippen molar-refractivity contribution in [3.63, 3.8) is 0 Å². The molecule has 0 saturated heterocycles. The Morgan fingerprint density at radius 1 is 1.04 bits per heavy atom. The number of halogens is 2. The molecule has 1 aromatic heterocycles. The van der Waals surface area contributed by atoms with Crippen molar-refractivity contribution < 1.29 is 19.0 Å². The van der Waals surface area contributed by atoms with E-state index >= 15 is 0 Å². The lowest BCUT2D eigenvalue weighted by Crippen LogP contribution is -2.16. The molecule has 3 rings (SSSR count). The van der Waals surface area contributed by atoms with E-state index in [0.717, 1.165) is 17.5 Å². The zero-order chi connectivity index (χ0) is 17.1. The number of nitrogens with zero attached hydrogens (tertiary/aromatic N) is 1. The standard InChI is InChI=1S/C18H16F2N2O2/c19-13-5-3-6-14(20)17(13)16(24)9-21-18-12(10-23)8-11-4-1-2-7-15(11)22-18/h1-8,16,23-24H,9-10H2,(H,21,22).